The SMILES string of the molecule is NCCC(=O)N1CCOCCOCCN(C(=O)CCN)CCOCCOCC1. The molecule has 0 aromatic carbocycles. The summed E-state index contributed by atoms with van der Waals surface area (Å²) in [7, 11) is 0. The Morgan fingerprint density at radius 1 is 0.571 bits per heavy atom. The number of carbonyl (C=O) groups excluding carboxylic acids is 2. The normalized spacial score (nSPS) is 19.6. The van der Waals surface area contributed by atoms with E-state index >= 15 is 0 Å². The highest BCUT2D eigenvalue weighted by Gasteiger charge is 2.14. The standard InChI is InChI=1S/C18H36N4O6/c19-3-1-17(23)21-5-9-25-13-15-27-11-7-22(18(24)2-4-20)8-12-28-16-14-26-10-6-21/h1-16,19-20H2. The summed E-state index contributed by atoms with van der Waals surface area (Å²) in [5.41, 5.74) is 11.0. The smallest absolute Gasteiger partial charge is 0.223 e. The van der Waals surface area contributed by atoms with Gasteiger partial charge in [0.05, 0.1) is 52.9 Å². The number of nitrogens with zero attached hydrogens (tertiary/aromatic N) is 2. The topological polar surface area (TPSA) is 130 Å². The second kappa shape index (κ2) is 16.6. The van der Waals surface area contributed by atoms with Crippen LogP contribution in [-0.4, -0.2) is 114 Å². The van der Waals surface area contributed by atoms with Crippen LogP contribution in [0.3, 0.4) is 0 Å². The molecule has 0 saturated carbocycles. The van der Waals surface area contributed by atoms with Crippen LogP contribution in [0.5, 0.6) is 0 Å². The molecule has 164 valence electrons. The van der Waals surface area contributed by atoms with Gasteiger partial charge in [-0.2, -0.15) is 0 Å². The van der Waals surface area contributed by atoms with E-state index in [2.05, 4.69) is 0 Å². The molecule has 2 amide bonds. The molecule has 0 bridgehead atoms. The zero-order valence-corrected chi connectivity index (χ0v) is 16.8. The van der Waals surface area contributed by atoms with Crippen molar-refractivity contribution in [3.05, 3.63) is 0 Å². The Hall–Kier alpha value is -1.30. The van der Waals surface area contributed by atoms with Gasteiger partial charge in [0, 0.05) is 52.1 Å². The Kier molecular flexibility index (Phi) is 14.7. The third kappa shape index (κ3) is 11.5. The van der Waals surface area contributed by atoms with E-state index in [0.717, 1.165) is 0 Å². The Morgan fingerprint density at radius 2 is 0.857 bits per heavy atom. The number of rotatable bonds is 4. The molecule has 0 spiro atoms. The summed E-state index contributed by atoms with van der Waals surface area (Å²) in [6.45, 7) is 5.98. The molecule has 1 aliphatic rings. The minimum absolute atomic E-state index is 0.00107. The molecule has 0 aromatic heterocycles. The minimum atomic E-state index is -0.00107. The molecule has 10 nitrogen and oxygen atoms in total. The predicted octanol–water partition coefficient (Wildman–Crippen LogP) is -1.58. The van der Waals surface area contributed by atoms with Gasteiger partial charge in [-0.05, 0) is 0 Å². The van der Waals surface area contributed by atoms with Crippen molar-refractivity contribution in [2.45, 2.75) is 12.8 Å². The van der Waals surface area contributed by atoms with Crippen molar-refractivity contribution >= 4 is 11.8 Å². The molecule has 1 rings (SSSR count). The zero-order chi connectivity index (χ0) is 20.5. The summed E-state index contributed by atoms with van der Waals surface area (Å²) in [5, 5.41) is 0. The van der Waals surface area contributed by atoms with Crippen LogP contribution in [0.15, 0.2) is 0 Å². The number of hydrogen-bond donors (Lipinski definition) is 2. The molecule has 0 atom stereocenters. The number of amides is 2. The first kappa shape index (κ1) is 24.7. The highest BCUT2D eigenvalue weighted by molar-refractivity contribution is 5.76. The van der Waals surface area contributed by atoms with Gasteiger partial charge in [-0.1, -0.05) is 0 Å². The molecule has 28 heavy (non-hydrogen) atoms. The third-order valence-electron chi connectivity index (χ3n) is 4.19. The number of carbonyl (C=O) groups is 2. The molecule has 10 heteroatoms. The first-order valence-corrected chi connectivity index (χ1v) is 9.95. The average Bonchev–Trinajstić information content (AvgIpc) is 2.68. The maximum Gasteiger partial charge on any atom is 0.223 e. The Morgan fingerprint density at radius 3 is 1.11 bits per heavy atom. The van der Waals surface area contributed by atoms with Crippen LogP contribution in [0.2, 0.25) is 0 Å². The van der Waals surface area contributed by atoms with Crippen molar-refractivity contribution < 1.29 is 28.5 Å². The zero-order valence-electron chi connectivity index (χ0n) is 16.8. The van der Waals surface area contributed by atoms with E-state index in [1.54, 1.807) is 9.80 Å². The summed E-state index contributed by atoms with van der Waals surface area (Å²) < 4.78 is 22.2. The highest BCUT2D eigenvalue weighted by atomic mass is 16.5. The molecule has 1 fully saturated rings. The summed E-state index contributed by atoms with van der Waals surface area (Å²) in [6.07, 6.45) is 0.622. The molecule has 1 saturated heterocycles. The summed E-state index contributed by atoms with van der Waals surface area (Å²) in [4.78, 5) is 27.6. The predicted molar refractivity (Wildman–Crippen MR) is 104 cm³/mol. The van der Waals surface area contributed by atoms with E-state index < -0.39 is 0 Å². The molecule has 0 aromatic rings. The molecule has 1 heterocycles. The third-order valence-corrected chi connectivity index (χ3v) is 4.19. The number of ether oxygens (including phenoxy) is 4. The van der Waals surface area contributed by atoms with Gasteiger partial charge in [-0.15, -0.1) is 0 Å². The average molecular weight is 405 g/mol. The summed E-state index contributed by atoms with van der Waals surface area (Å²) >= 11 is 0. The second-order valence-electron chi connectivity index (χ2n) is 6.29. The van der Waals surface area contributed by atoms with Crippen molar-refractivity contribution in [1.82, 2.24) is 9.80 Å². The fraction of sp³-hybridized carbons (Fsp3) is 0.889. The van der Waals surface area contributed by atoms with E-state index in [1.807, 2.05) is 0 Å². The number of hydrogen-bond acceptors (Lipinski definition) is 8. The molecular formula is C18H36N4O6. The van der Waals surface area contributed by atoms with E-state index in [0.29, 0.717) is 105 Å². The minimum Gasteiger partial charge on any atom is -0.377 e. The quantitative estimate of drug-likeness (QED) is 0.574. The molecule has 0 unspecified atom stereocenters. The van der Waals surface area contributed by atoms with Gasteiger partial charge in [-0.25, -0.2) is 0 Å². The fourth-order valence-electron chi connectivity index (χ4n) is 2.63. The maximum atomic E-state index is 12.1. The lowest BCUT2D eigenvalue weighted by atomic mass is 10.3. The van der Waals surface area contributed by atoms with Crippen LogP contribution in [0.25, 0.3) is 0 Å². The van der Waals surface area contributed by atoms with Crippen LogP contribution in [-0.2, 0) is 28.5 Å². The highest BCUT2D eigenvalue weighted by Crippen LogP contribution is 1.98. The first-order valence-electron chi connectivity index (χ1n) is 9.95. The molecule has 0 radical (unpaired) electrons. The molecule has 4 N–H and O–H groups in total. The van der Waals surface area contributed by atoms with Crippen LogP contribution in [0.1, 0.15) is 12.8 Å². The summed E-state index contributed by atoms with van der Waals surface area (Å²) in [5.74, 6) is -0.00214. The van der Waals surface area contributed by atoms with Crippen molar-refractivity contribution in [3.8, 4) is 0 Å². The van der Waals surface area contributed by atoms with Crippen LogP contribution in [0.4, 0.5) is 0 Å². The van der Waals surface area contributed by atoms with Gasteiger partial charge < -0.3 is 40.2 Å². The van der Waals surface area contributed by atoms with Gasteiger partial charge in [0.25, 0.3) is 0 Å². The van der Waals surface area contributed by atoms with Gasteiger partial charge in [0.2, 0.25) is 11.8 Å². The van der Waals surface area contributed by atoms with Crippen LogP contribution >= 0.6 is 0 Å². The maximum absolute atomic E-state index is 12.1. The van der Waals surface area contributed by atoms with E-state index in [1.165, 1.54) is 0 Å². The molecule has 0 aliphatic carbocycles. The van der Waals surface area contributed by atoms with Gasteiger partial charge in [0.15, 0.2) is 0 Å². The van der Waals surface area contributed by atoms with Gasteiger partial charge in [-0.3, -0.25) is 9.59 Å². The lowest BCUT2D eigenvalue weighted by molar-refractivity contribution is -0.134. The Labute approximate surface area is 167 Å². The van der Waals surface area contributed by atoms with Crippen LogP contribution < -0.4 is 11.5 Å². The number of nitrogens with two attached hydrogens (primary N) is 2. The van der Waals surface area contributed by atoms with E-state index in [4.69, 9.17) is 30.4 Å². The van der Waals surface area contributed by atoms with Gasteiger partial charge in [0.1, 0.15) is 0 Å². The van der Waals surface area contributed by atoms with Crippen LogP contribution in [0, 0.1) is 0 Å². The fourth-order valence-corrected chi connectivity index (χ4v) is 2.63. The van der Waals surface area contributed by atoms with Crippen molar-refractivity contribution in [2.24, 2.45) is 11.5 Å². The van der Waals surface area contributed by atoms with Crippen molar-refractivity contribution in [1.29, 1.82) is 0 Å². The molecular weight excluding hydrogens is 368 g/mol. The monoisotopic (exact) mass is 404 g/mol. The van der Waals surface area contributed by atoms with Crippen molar-refractivity contribution in [2.75, 3.05) is 92.1 Å². The Balaban J connectivity index is 2.45. The first-order chi connectivity index (χ1) is 13.7. The second-order valence-corrected chi connectivity index (χ2v) is 6.29. The van der Waals surface area contributed by atoms with E-state index in [9.17, 15) is 9.59 Å². The lowest BCUT2D eigenvalue weighted by Gasteiger charge is -2.24. The summed E-state index contributed by atoms with van der Waals surface area (Å²) in [6, 6.07) is 0. The Bertz CT molecular complexity index is 369. The lowest BCUT2D eigenvalue weighted by Crippen LogP contribution is -2.38. The van der Waals surface area contributed by atoms with Gasteiger partial charge >= 0.3 is 0 Å². The van der Waals surface area contributed by atoms with Crippen molar-refractivity contribution in [3.63, 3.8) is 0 Å². The largest absolute Gasteiger partial charge is 0.377 e. The van der Waals surface area contributed by atoms with E-state index in [-0.39, 0.29) is 11.8 Å². The molecule has 1 aliphatic heterocycles.